The minimum Gasteiger partial charge on any atom is -0.496 e. The van der Waals surface area contributed by atoms with Gasteiger partial charge in [-0.3, -0.25) is 14.7 Å². The number of ether oxygens (including phenoxy) is 1. The molecule has 2 heterocycles. The number of carbonyl (C=O) groups excluding carboxylic acids is 1. The van der Waals surface area contributed by atoms with Crippen molar-refractivity contribution < 1.29 is 9.53 Å². The molecule has 4 nitrogen and oxygen atoms in total. The third-order valence-corrected chi connectivity index (χ3v) is 5.16. The number of benzene rings is 3. The Morgan fingerprint density at radius 1 is 0.862 bits per heavy atom. The standard InChI is InChI=1S/C25H18N2O2/c1-29-23-14-5-2-8-18(23)16-22-19-11-3-4-12-20(19)25(28)27(22)21-13-6-9-17-10-7-15-26-24(17)21/h2-16H,1H3/b22-16-. The van der Waals surface area contributed by atoms with Gasteiger partial charge in [0.2, 0.25) is 0 Å². The summed E-state index contributed by atoms with van der Waals surface area (Å²) < 4.78 is 5.52. The van der Waals surface area contributed by atoms with Gasteiger partial charge >= 0.3 is 0 Å². The van der Waals surface area contributed by atoms with Crippen molar-refractivity contribution in [3.05, 3.63) is 102 Å². The van der Waals surface area contributed by atoms with E-state index in [4.69, 9.17) is 4.74 Å². The Kier molecular flexibility index (Phi) is 4.10. The van der Waals surface area contributed by atoms with E-state index in [1.165, 1.54) is 0 Å². The van der Waals surface area contributed by atoms with Gasteiger partial charge in [0.05, 0.1) is 24.0 Å². The van der Waals surface area contributed by atoms with Gasteiger partial charge < -0.3 is 4.74 Å². The molecule has 0 radical (unpaired) electrons. The molecule has 1 aliphatic heterocycles. The fraction of sp³-hybridized carbons (Fsp3) is 0.0400. The second kappa shape index (κ2) is 6.91. The Morgan fingerprint density at radius 3 is 2.48 bits per heavy atom. The highest BCUT2D eigenvalue weighted by Gasteiger charge is 2.34. The van der Waals surface area contributed by atoms with Crippen molar-refractivity contribution in [1.82, 2.24) is 4.98 Å². The molecular weight excluding hydrogens is 360 g/mol. The zero-order valence-corrected chi connectivity index (χ0v) is 15.9. The van der Waals surface area contributed by atoms with E-state index in [0.717, 1.165) is 39.2 Å². The van der Waals surface area contributed by atoms with E-state index in [-0.39, 0.29) is 5.91 Å². The van der Waals surface area contributed by atoms with Crippen LogP contribution in [0.2, 0.25) is 0 Å². The van der Waals surface area contributed by atoms with Crippen LogP contribution in [0.3, 0.4) is 0 Å². The number of nitrogens with zero attached hydrogens (tertiary/aromatic N) is 2. The Bertz CT molecular complexity index is 1270. The Morgan fingerprint density at radius 2 is 1.62 bits per heavy atom. The van der Waals surface area contributed by atoms with E-state index < -0.39 is 0 Å². The van der Waals surface area contributed by atoms with Gasteiger partial charge in [-0.2, -0.15) is 0 Å². The highest BCUT2D eigenvalue weighted by atomic mass is 16.5. The number of carbonyl (C=O) groups is 1. The Hall–Kier alpha value is -3.92. The lowest BCUT2D eigenvalue weighted by Crippen LogP contribution is -2.22. The largest absolute Gasteiger partial charge is 0.496 e. The predicted octanol–water partition coefficient (Wildman–Crippen LogP) is 5.40. The van der Waals surface area contributed by atoms with Crippen LogP contribution >= 0.6 is 0 Å². The van der Waals surface area contributed by atoms with Crippen molar-refractivity contribution in [2.75, 3.05) is 12.0 Å². The first-order valence-electron chi connectivity index (χ1n) is 9.40. The van der Waals surface area contributed by atoms with Crippen LogP contribution in [0.5, 0.6) is 5.75 Å². The second-order valence-corrected chi connectivity index (χ2v) is 6.81. The molecule has 0 spiro atoms. The molecule has 0 aliphatic carbocycles. The summed E-state index contributed by atoms with van der Waals surface area (Å²) in [5.41, 5.74) is 4.87. The third-order valence-electron chi connectivity index (χ3n) is 5.16. The van der Waals surface area contributed by atoms with Gasteiger partial charge in [0, 0.05) is 28.3 Å². The van der Waals surface area contributed by atoms with Gasteiger partial charge in [0.15, 0.2) is 0 Å². The zero-order chi connectivity index (χ0) is 19.8. The maximum absolute atomic E-state index is 13.4. The van der Waals surface area contributed by atoms with Gasteiger partial charge in [0.1, 0.15) is 5.75 Å². The SMILES string of the molecule is COc1ccccc1/C=C1/c2ccccc2C(=O)N1c1cccc2cccnc12. The number of fused-ring (bicyclic) bond motifs is 2. The molecule has 3 aromatic carbocycles. The molecule has 0 saturated carbocycles. The lowest BCUT2D eigenvalue weighted by molar-refractivity contribution is 0.101. The zero-order valence-electron chi connectivity index (χ0n) is 15.9. The van der Waals surface area contributed by atoms with E-state index in [1.807, 2.05) is 84.9 Å². The molecule has 4 aromatic rings. The van der Waals surface area contributed by atoms with Crippen molar-refractivity contribution >= 4 is 34.3 Å². The van der Waals surface area contributed by atoms with Crippen molar-refractivity contribution in [1.29, 1.82) is 0 Å². The molecular formula is C25H18N2O2. The first-order chi connectivity index (χ1) is 14.3. The molecule has 0 fully saturated rings. The molecule has 0 N–H and O–H groups in total. The molecule has 5 rings (SSSR count). The van der Waals surface area contributed by atoms with E-state index in [1.54, 1.807) is 18.2 Å². The van der Waals surface area contributed by atoms with Crippen LogP contribution in [0, 0.1) is 0 Å². The van der Waals surface area contributed by atoms with Crippen LogP contribution < -0.4 is 9.64 Å². The minimum absolute atomic E-state index is 0.0556. The van der Waals surface area contributed by atoms with Crippen molar-refractivity contribution in [2.24, 2.45) is 0 Å². The van der Waals surface area contributed by atoms with Gasteiger partial charge in [-0.25, -0.2) is 0 Å². The number of aromatic nitrogens is 1. The number of rotatable bonds is 3. The van der Waals surface area contributed by atoms with E-state index in [9.17, 15) is 4.79 Å². The fourth-order valence-corrected chi connectivity index (χ4v) is 3.83. The predicted molar refractivity (Wildman–Crippen MR) is 116 cm³/mol. The summed E-state index contributed by atoms with van der Waals surface area (Å²) >= 11 is 0. The lowest BCUT2D eigenvalue weighted by Gasteiger charge is -2.20. The number of para-hydroxylation sites is 2. The number of amides is 1. The van der Waals surface area contributed by atoms with Crippen LogP contribution in [0.1, 0.15) is 21.5 Å². The number of anilines is 1. The molecule has 0 saturated heterocycles. The Balaban J connectivity index is 1.78. The highest BCUT2D eigenvalue weighted by molar-refractivity contribution is 6.26. The molecule has 4 heteroatoms. The van der Waals surface area contributed by atoms with E-state index in [0.29, 0.717) is 5.56 Å². The first-order valence-corrected chi connectivity index (χ1v) is 9.40. The highest BCUT2D eigenvalue weighted by Crippen LogP contribution is 2.40. The van der Waals surface area contributed by atoms with Gasteiger partial charge in [0.25, 0.3) is 5.91 Å². The van der Waals surface area contributed by atoms with Crippen LogP contribution in [-0.2, 0) is 0 Å². The summed E-state index contributed by atoms with van der Waals surface area (Å²) in [5.74, 6) is 0.702. The smallest absolute Gasteiger partial charge is 0.263 e. The second-order valence-electron chi connectivity index (χ2n) is 6.81. The summed E-state index contributed by atoms with van der Waals surface area (Å²) in [6.45, 7) is 0. The normalized spacial score (nSPS) is 14.4. The summed E-state index contributed by atoms with van der Waals surface area (Å²) in [6, 6.07) is 25.3. The van der Waals surface area contributed by atoms with Crippen LogP contribution in [0.4, 0.5) is 5.69 Å². The molecule has 0 atom stereocenters. The summed E-state index contributed by atoms with van der Waals surface area (Å²) in [4.78, 5) is 19.7. The average molecular weight is 378 g/mol. The van der Waals surface area contributed by atoms with Gasteiger partial charge in [-0.15, -0.1) is 0 Å². The quantitative estimate of drug-likeness (QED) is 0.479. The monoisotopic (exact) mass is 378 g/mol. The molecule has 1 aliphatic rings. The van der Waals surface area contributed by atoms with Gasteiger partial charge in [-0.05, 0) is 30.3 Å². The van der Waals surface area contributed by atoms with E-state index in [2.05, 4.69) is 4.98 Å². The van der Waals surface area contributed by atoms with Crippen LogP contribution in [-0.4, -0.2) is 18.0 Å². The molecule has 0 bridgehead atoms. The van der Waals surface area contributed by atoms with Crippen LogP contribution in [0.25, 0.3) is 22.7 Å². The average Bonchev–Trinajstić information content (AvgIpc) is 3.05. The molecule has 1 aromatic heterocycles. The number of hydrogen-bond acceptors (Lipinski definition) is 3. The van der Waals surface area contributed by atoms with Crippen molar-refractivity contribution in [3.63, 3.8) is 0 Å². The number of methoxy groups -OCH3 is 1. The molecule has 29 heavy (non-hydrogen) atoms. The minimum atomic E-state index is -0.0556. The summed E-state index contributed by atoms with van der Waals surface area (Å²) in [6.07, 6.45) is 3.76. The summed E-state index contributed by atoms with van der Waals surface area (Å²) in [7, 11) is 1.65. The number of hydrogen-bond donors (Lipinski definition) is 0. The third kappa shape index (κ3) is 2.77. The van der Waals surface area contributed by atoms with E-state index >= 15 is 0 Å². The van der Waals surface area contributed by atoms with Crippen LogP contribution in [0.15, 0.2) is 85.1 Å². The van der Waals surface area contributed by atoms with Crippen molar-refractivity contribution in [2.45, 2.75) is 0 Å². The van der Waals surface area contributed by atoms with Crippen molar-refractivity contribution in [3.8, 4) is 5.75 Å². The summed E-state index contributed by atoms with van der Waals surface area (Å²) in [5, 5.41) is 0.991. The molecule has 140 valence electrons. The fourth-order valence-electron chi connectivity index (χ4n) is 3.83. The maximum Gasteiger partial charge on any atom is 0.263 e. The first kappa shape index (κ1) is 17.2. The topological polar surface area (TPSA) is 42.4 Å². The maximum atomic E-state index is 13.4. The lowest BCUT2D eigenvalue weighted by atomic mass is 10.1. The Labute approximate surface area is 168 Å². The van der Waals surface area contributed by atoms with Gasteiger partial charge in [-0.1, -0.05) is 54.6 Å². The molecule has 0 unspecified atom stereocenters. The molecule has 1 amide bonds. The number of pyridine rings is 1.